The number of hydrogen-bond donors (Lipinski definition) is 2. The number of carbonyl (C=O) groups excluding carboxylic acids is 2. The van der Waals surface area contributed by atoms with Crippen LogP contribution in [0.4, 0.5) is 17.3 Å². The molecule has 6 rings (SSSR count). The van der Waals surface area contributed by atoms with Gasteiger partial charge in [0.2, 0.25) is 11.8 Å². The highest BCUT2D eigenvalue weighted by Gasteiger charge is 2.29. The van der Waals surface area contributed by atoms with Crippen LogP contribution >= 0.6 is 0 Å². The monoisotopic (exact) mass is 624 g/mol. The number of carbonyl (C=O) groups is 2. The molecule has 3 aliphatic heterocycles. The third kappa shape index (κ3) is 8.11. The number of nitrogens with zero attached hydrogens (tertiary/aromatic N) is 8. The van der Waals surface area contributed by atoms with Gasteiger partial charge in [-0.25, -0.2) is 4.98 Å². The van der Waals surface area contributed by atoms with Gasteiger partial charge in [-0.3, -0.25) is 14.3 Å². The van der Waals surface area contributed by atoms with Crippen molar-refractivity contribution < 1.29 is 14.3 Å². The molecule has 3 aromatic rings. The number of nitrogens with one attached hydrogen (secondary N) is 2. The van der Waals surface area contributed by atoms with Crippen LogP contribution in [0, 0.1) is 34.7 Å². The molecule has 0 bridgehead atoms. The zero-order chi connectivity index (χ0) is 32.5. The predicted octanol–water partition coefficient (Wildman–Crippen LogP) is 3.27. The maximum absolute atomic E-state index is 12.2. The summed E-state index contributed by atoms with van der Waals surface area (Å²) in [6, 6.07) is 15.6. The maximum atomic E-state index is 12.2. The molecule has 0 radical (unpaired) electrons. The molecule has 13 nitrogen and oxygen atoms in total. The Morgan fingerprint density at radius 2 is 1.46 bits per heavy atom. The van der Waals surface area contributed by atoms with Gasteiger partial charge in [-0.1, -0.05) is 30.3 Å². The summed E-state index contributed by atoms with van der Waals surface area (Å²) < 4.78 is 7.14. The minimum Gasteiger partial charge on any atom is -0.381 e. The summed E-state index contributed by atoms with van der Waals surface area (Å²) in [4.78, 5) is 34.3. The number of nitriles is 2. The molecule has 2 unspecified atom stereocenters. The quantitative estimate of drug-likeness (QED) is 0.374. The fourth-order valence-electron chi connectivity index (χ4n) is 5.99. The minimum atomic E-state index is -0.151. The molecule has 13 heteroatoms. The van der Waals surface area contributed by atoms with Crippen molar-refractivity contribution in [1.82, 2.24) is 24.6 Å². The van der Waals surface area contributed by atoms with Gasteiger partial charge in [-0.15, -0.1) is 0 Å². The summed E-state index contributed by atoms with van der Waals surface area (Å²) in [5, 5.41) is 27.8. The van der Waals surface area contributed by atoms with Crippen LogP contribution in [0.2, 0.25) is 0 Å². The van der Waals surface area contributed by atoms with E-state index in [0.717, 1.165) is 42.9 Å². The van der Waals surface area contributed by atoms with Crippen molar-refractivity contribution >= 4 is 29.1 Å². The molecule has 240 valence electrons. The number of piperidine rings is 1. The smallest absolute Gasteiger partial charge is 0.230 e. The molecular weight excluding hydrogens is 584 g/mol. The van der Waals surface area contributed by atoms with Gasteiger partial charge in [0, 0.05) is 59.5 Å². The number of ether oxygens (including phenoxy) is 1. The molecule has 3 fully saturated rings. The van der Waals surface area contributed by atoms with Crippen LogP contribution < -0.4 is 15.5 Å². The zero-order valence-corrected chi connectivity index (χ0v) is 26.3. The molecule has 3 saturated heterocycles. The van der Waals surface area contributed by atoms with E-state index in [1.54, 1.807) is 27.8 Å². The lowest BCUT2D eigenvalue weighted by molar-refractivity contribution is -0.120. The average Bonchev–Trinajstić information content (AvgIpc) is 3.86. The lowest BCUT2D eigenvalue weighted by Crippen LogP contribution is -2.36. The highest BCUT2D eigenvalue weighted by Crippen LogP contribution is 2.24. The number of aromatic nitrogens is 3. The van der Waals surface area contributed by atoms with E-state index >= 15 is 0 Å². The van der Waals surface area contributed by atoms with Gasteiger partial charge in [0.15, 0.2) is 18.2 Å². The second-order valence-electron chi connectivity index (χ2n) is 11.8. The van der Waals surface area contributed by atoms with E-state index in [2.05, 4.69) is 38.0 Å². The first-order chi connectivity index (χ1) is 22.4. The van der Waals surface area contributed by atoms with Crippen LogP contribution in [-0.4, -0.2) is 88.9 Å². The van der Waals surface area contributed by atoms with Crippen molar-refractivity contribution in [3.8, 4) is 23.6 Å². The molecule has 0 spiro atoms. The van der Waals surface area contributed by atoms with Gasteiger partial charge < -0.3 is 30.1 Å². The summed E-state index contributed by atoms with van der Waals surface area (Å²) in [5.41, 5.74) is 3.06. The molecule has 46 heavy (non-hydrogen) atoms. The fraction of sp³-hybridized carbons (Fsp3) is 0.455. The van der Waals surface area contributed by atoms with Crippen molar-refractivity contribution in [3.05, 3.63) is 54.7 Å². The summed E-state index contributed by atoms with van der Waals surface area (Å²) in [6.45, 7) is 4.19. The third-order valence-electron chi connectivity index (χ3n) is 8.74. The molecule has 2 N–H and O–H groups in total. The van der Waals surface area contributed by atoms with E-state index in [1.807, 2.05) is 55.6 Å². The Morgan fingerprint density at radius 3 is 1.98 bits per heavy atom. The number of anilines is 3. The van der Waals surface area contributed by atoms with E-state index in [9.17, 15) is 9.59 Å². The number of aryl methyl sites for hydroxylation is 1. The van der Waals surface area contributed by atoms with Crippen LogP contribution in [-0.2, 0) is 21.4 Å². The van der Waals surface area contributed by atoms with E-state index in [4.69, 9.17) is 15.3 Å². The zero-order valence-electron chi connectivity index (χ0n) is 26.3. The number of likely N-dealkylation sites (tertiary alicyclic amines) is 2. The van der Waals surface area contributed by atoms with E-state index in [1.165, 1.54) is 0 Å². The Bertz CT molecular complexity index is 1550. The van der Waals surface area contributed by atoms with E-state index in [-0.39, 0.29) is 23.7 Å². The van der Waals surface area contributed by atoms with Gasteiger partial charge >= 0.3 is 0 Å². The Balaban J connectivity index is 0.000000182. The molecule has 2 amide bonds. The van der Waals surface area contributed by atoms with Gasteiger partial charge in [-0.2, -0.15) is 15.6 Å². The standard InChI is InChI=1S/C17H23N5O2.C16H17N5O/c1-24-15-5-8-22(9-6-15)14-2-3-16(19-10-14)20-17(23)13-4-7-21(11-13)12-18;1-20-14(12-5-3-2-4-6-12)9-15(19-20)18-16(22)13-7-8-21(10-13)11-17/h2-3,10,13,15H,4-9,11H2,1H3,(H,19,20,23);2-6,9,13H,7-8,10H2,1H3,(H,18,19,22). The molecule has 2 aromatic heterocycles. The van der Waals surface area contributed by atoms with Crippen LogP contribution in [0.3, 0.4) is 0 Å². The Morgan fingerprint density at radius 1 is 0.848 bits per heavy atom. The van der Waals surface area contributed by atoms with Crippen molar-refractivity contribution in [2.45, 2.75) is 31.8 Å². The number of hydrogen-bond acceptors (Lipinski definition) is 10. The Hall–Kier alpha value is -5.14. The first-order valence-electron chi connectivity index (χ1n) is 15.6. The van der Waals surface area contributed by atoms with E-state index in [0.29, 0.717) is 56.8 Å². The largest absolute Gasteiger partial charge is 0.381 e. The second kappa shape index (κ2) is 15.2. The first-order valence-corrected chi connectivity index (χ1v) is 15.6. The number of amides is 2. The predicted molar refractivity (Wildman–Crippen MR) is 173 cm³/mol. The SMILES string of the molecule is COC1CCN(c2ccc(NC(=O)C3CCN(C#N)C3)nc2)CC1.Cn1nc(NC(=O)C2CCN(C#N)C2)cc1-c1ccccc1. The third-order valence-corrected chi connectivity index (χ3v) is 8.74. The van der Waals surface area contributed by atoms with Gasteiger partial charge in [0.1, 0.15) is 5.82 Å². The molecule has 0 aliphatic carbocycles. The average molecular weight is 625 g/mol. The molecule has 0 saturated carbocycles. The normalized spacial score (nSPS) is 19.5. The molecular formula is C33H40N10O3. The highest BCUT2D eigenvalue weighted by molar-refractivity contribution is 5.93. The highest BCUT2D eigenvalue weighted by atomic mass is 16.5. The van der Waals surface area contributed by atoms with Crippen LogP contribution in [0.5, 0.6) is 0 Å². The summed E-state index contributed by atoms with van der Waals surface area (Å²) in [6.07, 6.45) is 9.79. The Kier molecular flexibility index (Phi) is 10.7. The summed E-state index contributed by atoms with van der Waals surface area (Å²) in [7, 11) is 3.62. The summed E-state index contributed by atoms with van der Waals surface area (Å²) in [5.74, 6) is 0.679. The lowest BCUT2D eigenvalue weighted by Gasteiger charge is -2.32. The number of methoxy groups -OCH3 is 1. The first kappa shape index (κ1) is 32.3. The summed E-state index contributed by atoms with van der Waals surface area (Å²) >= 11 is 0. The molecule has 1 aromatic carbocycles. The van der Waals surface area contributed by atoms with Crippen molar-refractivity contribution in [3.63, 3.8) is 0 Å². The second-order valence-corrected chi connectivity index (χ2v) is 11.8. The minimum absolute atomic E-state index is 0.0612. The lowest BCUT2D eigenvalue weighted by atomic mass is 10.1. The molecule has 2 atom stereocenters. The number of rotatable bonds is 7. The maximum Gasteiger partial charge on any atom is 0.230 e. The van der Waals surface area contributed by atoms with Gasteiger partial charge in [0.05, 0.1) is 35.5 Å². The topological polar surface area (TPSA) is 155 Å². The molecule has 3 aliphatic rings. The fourth-order valence-corrected chi connectivity index (χ4v) is 5.99. The van der Waals surface area contributed by atoms with Gasteiger partial charge in [0.25, 0.3) is 0 Å². The van der Waals surface area contributed by atoms with Gasteiger partial charge in [-0.05, 0) is 43.4 Å². The van der Waals surface area contributed by atoms with Crippen LogP contribution in [0.25, 0.3) is 11.3 Å². The molecule has 5 heterocycles. The number of pyridine rings is 1. The Labute approximate surface area is 269 Å². The van der Waals surface area contributed by atoms with Crippen LogP contribution in [0.1, 0.15) is 25.7 Å². The van der Waals surface area contributed by atoms with Crippen molar-refractivity contribution in [2.24, 2.45) is 18.9 Å². The van der Waals surface area contributed by atoms with Crippen molar-refractivity contribution in [1.29, 1.82) is 10.5 Å². The number of benzene rings is 1. The van der Waals surface area contributed by atoms with Crippen LogP contribution in [0.15, 0.2) is 54.7 Å². The van der Waals surface area contributed by atoms with Crippen molar-refractivity contribution in [2.75, 3.05) is 61.9 Å². The van der Waals surface area contributed by atoms with E-state index < -0.39 is 0 Å².